The molecule has 0 aliphatic rings. The molecule has 1 atom stereocenters. The molecule has 5 N–H and O–H groups in total. The van der Waals surface area contributed by atoms with Crippen molar-refractivity contribution in [2.45, 2.75) is 39.3 Å². The van der Waals surface area contributed by atoms with Crippen molar-refractivity contribution < 1.29 is 15.7 Å². The first-order valence-corrected chi connectivity index (χ1v) is 7.00. The average molecular weight is 252 g/mol. The maximum Gasteiger partial charge on any atom is 0.125 e. The van der Waals surface area contributed by atoms with Gasteiger partial charge in [-0.1, -0.05) is 38.1 Å². The van der Waals surface area contributed by atoms with Crippen LogP contribution in [0.4, 0.5) is 0 Å². The Kier molecular flexibility index (Phi) is 6.94. The van der Waals surface area contributed by atoms with Crippen LogP contribution >= 0.6 is 0 Å². The maximum absolute atomic E-state index is 9.12. The summed E-state index contributed by atoms with van der Waals surface area (Å²) in [7, 11) is 0. The standard InChI is InChI=1S/C15H26N2O/c1-12(2)15-6-4-14(5-7-15)11-17-9-8-16-10-13(3)18/h4-7,12-13,16-18H,8-11H2,1-3H3/p+2/t13-/m0/s1. The summed E-state index contributed by atoms with van der Waals surface area (Å²) in [6, 6.07) is 8.91. The van der Waals surface area contributed by atoms with E-state index >= 15 is 0 Å². The second kappa shape index (κ2) is 8.25. The van der Waals surface area contributed by atoms with E-state index in [1.807, 2.05) is 6.92 Å². The van der Waals surface area contributed by atoms with Crippen LogP contribution in [0.1, 0.15) is 37.8 Å². The minimum absolute atomic E-state index is 0.200. The van der Waals surface area contributed by atoms with Crippen molar-refractivity contribution >= 4 is 0 Å². The number of benzene rings is 1. The van der Waals surface area contributed by atoms with Crippen molar-refractivity contribution in [2.24, 2.45) is 0 Å². The first kappa shape index (κ1) is 15.2. The summed E-state index contributed by atoms with van der Waals surface area (Å²) < 4.78 is 0. The third-order valence-corrected chi connectivity index (χ3v) is 3.11. The largest absolute Gasteiger partial charge is 0.388 e. The lowest BCUT2D eigenvalue weighted by molar-refractivity contribution is -0.733. The normalized spacial score (nSPS) is 12.9. The van der Waals surface area contributed by atoms with Gasteiger partial charge in [0.05, 0.1) is 6.10 Å². The number of nitrogens with two attached hydrogens (primary N) is 2. The van der Waals surface area contributed by atoms with Gasteiger partial charge in [0.15, 0.2) is 0 Å². The van der Waals surface area contributed by atoms with E-state index in [-0.39, 0.29) is 6.10 Å². The molecule has 0 unspecified atom stereocenters. The molecule has 0 fully saturated rings. The van der Waals surface area contributed by atoms with Crippen molar-refractivity contribution in [1.29, 1.82) is 0 Å². The van der Waals surface area contributed by atoms with Crippen LogP contribution in [0.15, 0.2) is 24.3 Å². The highest BCUT2D eigenvalue weighted by Crippen LogP contribution is 2.13. The lowest BCUT2D eigenvalue weighted by atomic mass is 10.0. The van der Waals surface area contributed by atoms with Crippen molar-refractivity contribution in [2.75, 3.05) is 19.6 Å². The van der Waals surface area contributed by atoms with Gasteiger partial charge in [0.25, 0.3) is 0 Å². The van der Waals surface area contributed by atoms with E-state index in [1.165, 1.54) is 11.1 Å². The summed E-state index contributed by atoms with van der Waals surface area (Å²) in [5.74, 6) is 0.609. The van der Waals surface area contributed by atoms with Crippen LogP contribution < -0.4 is 10.6 Å². The Hall–Kier alpha value is -0.900. The summed E-state index contributed by atoms with van der Waals surface area (Å²) in [6.07, 6.45) is -0.200. The highest BCUT2D eigenvalue weighted by molar-refractivity contribution is 5.23. The van der Waals surface area contributed by atoms with Crippen LogP contribution in [0.3, 0.4) is 0 Å². The van der Waals surface area contributed by atoms with Crippen molar-refractivity contribution in [3.8, 4) is 0 Å². The molecule has 1 rings (SSSR count). The van der Waals surface area contributed by atoms with E-state index in [0.29, 0.717) is 5.92 Å². The Labute approximate surface area is 111 Å². The summed E-state index contributed by atoms with van der Waals surface area (Å²) in [4.78, 5) is 0. The molecule has 0 aliphatic carbocycles. The molecule has 0 saturated heterocycles. The Bertz CT molecular complexity index is 320. The highest BCUT2D eigenvalue weighted by atomic mass is 16.3. The van der Waals surface area contributed by atoms with Gasteiger partial charge in [-0.05, 0) is 18.4 Å². The Morgan fingerprint density at radius 2 is 1.61 bits per heavy atom. The molecular weight excluding hydrogens is 224 g/mol. The van der Waals surface area contributed by atoms with Gasteiger partial charge in [0.2, 0.25) is 0 Å². The minimum atomic E-state index is -0.200. The average Bonchev–Trinajstić information content (AvgIpc) is 2.34. The predicted octanol–water partition coefficient (Wildman–Crippen LogP) is -0.182. The molecule has 0 amide bonds. The quantitative estimate of drug-likeness (QED) is 0.552. The van der Waals surface area contributed by atoms with Gasteiger partial charge in [0.1, 0.15) is 26.2 Å². The van der Waals surface area contributed by atoms with Crippen molar-refractivity contribution in [3.05, 3.63) is 35.4 Å². The van der Waals surface area contributed by atoms with Gasteiger partial charge in [-0.15, -0.1) is 0 Å². The van der Waals surface area contributed by atoms with E-state index in [2.05, 4.69) is 48.7 Å². The van der Waals surface area contributed by atoms with Gasteiger partial charge in [-0.2, -0.15) is 0 Å². The molecular formula is C15H28N2O+2. The number of hydrogen-bond acceptors (Lipinski definition) is 1. The second-order valence-electron chi connectivity index (χ2n) is 5.34. The predicted molar refractivity (Wildman–Crippen MR) is 74.4 cm³/mol. The third kappa shape index (κ3) is 6.15. The smallest absolute Gasteiger partial charge is 0.125 e. The van der Waals surface area contributed by atoms with E-state index in [9.17, 15) is 0 Å². The number of quaternary nitrogens is 2. The molecule has 0 heterocycles. The Morgan fingerprint density at radius 3 is 2.17 bits per heavy atom. The van der Waals surface area contributed by atoms with Crippen LogP contribution in [-0.2, 0) is 6.54 Å². The molecule has 0 radical (unpaired) electrons. The van der Waals surface area contributed by atoms with Crippen LogP contribution in [0, 0.1) is 0 Å². The molecule has 3 heteroatoms. The minimum Gasteiger partial charge on any atom is -0.388 e. The zero-order valence-electron chi connectivity index (χ0n) is 11.9. The lowest BCUT2D eigenvalue weighted by Gasteiger charge is -2.07. The fourth-order valence-electron chi connectivity index (χ4n) is 1.90. The Morgan fingerprint density at radius 1 is 1.00 bits per heavy atom. The number of aliphatic hydroxyl groups is 1. The van der Waals surface area contributed by atoms with E-state index in [0.717, 1.165) is 26.2 Å². The zero-order chi connectivity index (χ0) is 13.4. The van der Waals surface area contributed by atoms with E-state index in [4.69, 9.17) is 5.11 Å². The first-order valence-electron chi connectivity index (χ1n) is 7.00. The fourth-order valence-corrected chi connectivity index (χ4v) is 1.90. The Balaban J connectivity index is 2.15. The van der Waals surface area contributed by atoms with E-state index in [1.54, 1.807) is 0 Å². The van der Waals surface area contributed by atoms with E-state index < -0.39 is 0 Å². The zero-order valence-corrected chi connectivity index (χ0v) is 11.9. The number of rotatable bonds is 8. The maximum atomic E-state index is 9.12. The molecule has 0 bridgehead atoms. The van der Waals surface area contributed by atoms with Gasteiger partial charge in [-0.25, -0.2) is 0 Å². The van der Waals surface area contributed by atoms with Gasteiger partial charge < -0.3 is 15.7 Å². The van der Waals surface area contributed by atoms with Crippen molar-refractivity contribution in [3.63, 3.8) is 0 Å². The van der Waals surface area contributed by atoms with Gasteiger partial charge in [0, 0.05) is 5.56 Å². The second-order valence-corrected chi connectivity index (χ2v) is 5.34. The molecule has 18 heavy (non-hydrogen) atoms. The lowest BCUT2D eigenvalue weighted by Crippen LogP contribution is -2.95. The topological polar surface area (TPSA) is 53.5 Å². The van der Waals surface area contributed by atoms with Gasteiger partial charge >= 0.3 is 0 Å². The molecule has 0 aliphatic heterocycles. The summed E-state index contributed by atoms with van der Waals surface area (Å²) >= 11 is 0. The van der Waals surface area contributed by atoms with Crippen LogP contribution in [0.5, 0.6) is 0 Å². The molecule has 3 nitrogen and oxygen atoms in total. The van der Waals surface area contributed by atoms with Crippen LogP contribution in [0.2, 0.25) is 0 Å². The van der Waals surface area contributed by atoms with Crippen LogP contribution in [0.25, 0.3) is 0 Å². The molecule has 0 spiro atoms. The van der Waals surface area contributed by atoms with Crippen molar-refractivity contribution in [1.82, 2.24) is 0 Å². The molecule has 0 saturated carbocycles. The summed E-state index contributed by atoms with van der Waals surface area (Å²) in [5.41, 5.74) is 2.79. The monoisotopic (exact) mass is 252 g/mol. The number of hydrogen-bond donors (Lipinski definition) is 3. The highest BCUT2D eigenvalue weighted by Gasteiger charge is 2.01. The van der Waals surface area contributed by atoms with Crippen LogP contribution in [-0.4, -0.2) is 30.8 Å². The summed E-state index contributed by atoms with van der Waals surface area (Å²) in [6.45, 7) is 10.3. The SMILES string of the molecule is CC(C)c1ccc(C[NH2+]CC[NH2+]C[C@H](C)O)cc1. The number of aliphatic hydroxyl groups excluding tert-OH is 1. The molecule has 1 aromatic rings. The molecule has 102 valence electrons. The molecule has 1 aromatic carbocycles. The third-order valence-electron chi connectivity index (χ3n) is 3.11. The first-order chi connectivity index (χ1) is 8.59. The summed E-state index contributed by atoms with van der Waals surface area (Å²) in [5, 5.41) is 13.6. The van der Waals surface area contributed by atoms with Gasteiger partial charge in [-0.3, -0.25) is 0 Å². The molecule has 0 aromatic heterocycles. The fraction of sp³-hybridized carbons (Fsp3) is 0.600.